The Hall–Kier alpha value is -0.770. The number of nitrogens with zero attached hydrogens (tertiary/aromatic N) is 1. The van der Waals surface area contributed by atoms with E-state index < -0.39 is 0 Å². The van der Waals surface area contributed by atoms with E-state index in [0.29, 0.717) is 0 Å². The highest BCUT2D eigenvalue weighted by molar-refractivity contribution is 5.71. The normalized spacial score (nSPS) is 10.8. The van der Waals surface area contributed by atoms with Crippen LogP contribution >= 0.6 is 0 Å². The molecule has 0 saturated heterocycles. The Morgan fingerprint density at radius 3 is 0.931 bits per heavy atom. The fourth-order valence-electron chi connectivity index (χ4n) is 3.68. The lowest BCUT2D eigenvalue weighted by atomic mass is 10.1. The summed E-state index contributed by atoms with van der Waals surface area (Å²) in [5, 5.41) is 6.06. The third-order valence-corrected chi connectivity index (χ3v) is 5.48. The SMILES string of the molecule is CCCCCCCCN(CCCCCCCC)CCCCCCCC.N=C(N)N. The van der Waals surface area contributed by atoms with Gasteiger partial charge in [0.1, 0.15) is 0 Å². The van der Waals surface area contributed by atoms with Crippen LogP contribution < -0.4 is 11.5 Å². The summed E-state index contributed by atoms with van der Waals surface area (Å²) >= 11 is 0. The van der Waals surface area contributed by atoms with Crippen LogP contribution in [-0.2, 0) is 0 Å². The molecule has 0 rings (SSSR count). The van der Waals surface area contributed by atoms with E-state index in [1.807, 2.05) is 0 Å². The summed E-state index contributed by atoms with van der Waals surface area (Å²) in [4.78, 5) is 2.79. The molecule has 0 heterocycles. The monoisotopic (exact) mass is 412 g/mol. The van der Waals surface area contributed by atoms with Crippen LogP contribution in [0.2, 0.25) is 0 Å². The molecule has 0 fully saturated rings. The van der Waals surface area contributed by atoms with Gasteiger partial charge in [0.25, 0.3) is 0 Å². The molecule has 0 radical (unpaired) electrons. The van der Waals surface area contributed by atoms with Crippen molar-refractivity contribution in [2.45, 2.75) is 136 Å². The van der Waals surface area contributed by atoms with E-state index in [1.165, 1.54) is 135 Å². The minimum absolute atomic E-state index is 0.333. The fraction of sp³-hybridized carbons (Fsp3) is 0.960. The Kier molecular flexibility index (Phi) is 28.6. The lowest BCUT2D eigenvalue weighted by Crippen LogP contribution is -2.27. The van der Waals surface area contributed by atoms with Crippen LogP contribution in [0.15, 0.2) is 0 Å². The van der Waals surface area contributed by atoms with Crippen LogP contribution in [0.25, 0.3) is 0 Å². The summed E-state index contributed by atoms with van der Waals surface area (Å²) in [5.41, 5.74) is 8.94. The molecule has 0 aromatic carbocycles. The van der Waals surface area contributed by atoms with Gasteiger partial charge in [-0.05, 0) is 38.9 Å². The zero-order chi connectivity index (χ0) is 22.0. The average Bonchev–Trinajstić information content (AvgIpc) is 2.68. The second-order valence-corrected chi connectivity index (χ2v) is 8.60. The third kappa shape index (κ3) is 32.1. The Bertz CT molecular complexity index is 265. The van der Waals surface area contributed by atoms with Crippen LogP contribution in [0.5, 0.6) is 0 Å². The predicted molar refractivity (Wildman–Crippen MR) is 133 cm³/mol. The van der Waals surface area contributed by atoms with Gasteiger partial charge in [0.2, 0.25) is 0 Å². The van der Waals surface area contributed by atoms with E-state index in [2.05, 4.69) is 37.1 Å². The van der Waals surface area contributed by atoms with Crippen molar-refractivity contribution in [3.8, 4) is 0 Å². The summed E-state index contributed by atoms with van der Waals surface area (Å²) in [6.45, 7) is 11.0. The van der Waals surface area contributed by atoms with Crippen LogP contribution in [0.3, 0.4) is 0 Å². The lowest BCUT2D eigenvalue weighted by Gasteiger charge is -2.22. The van der Waals surface area contributed by atoms with Gasteiger partial charge in [-0.1, -0.05) is 117 Å². The van der Waals surface area contributed by atoms with Crippen molar-refractivity contribution < 1.29 is 0 Å². The van der Waals surface area contributed by atoms with Crippen molar-refractivity contribution in [3.05, 3.63) is 0 Å². The van der Waals surface area contributed by atoms with Gasteiger partial charge >= 0.3 is 0 Å². The number of rotatable bonds is 21. The maximum absolute atomic E-state index is 6.06. The number of hydrogen-bond donors (Lipinski definition) is 3. The Labute approximate surface area is 184 Å². The van der Waals surface area contributed by atoms with Gasteiger partial charge in [-0.2, -0.15) is 0 Å². The number of unbranched alkanes of at least 4 members (excludes halogenated alkanes) is 15. The maximum Gasteiger partial charge on any atom is 0.183 e. The molecule has 0 unspecified atom stereocenters. The van der Waals surface area contributed by atoms with Gasteiger partial charge in [0, 0.05) is 0 Å². The summed E-state index contributed by atoms with van der Waals surface area (Å²) in [6.07, 6.45) is 25.7. The molecule has 0 saturated carbocycles. The summed E-state index contributed by atoms with van der Waals surface area (Å²) in [7, 11) is 0. The van der Waals surface area contributed by atoms with Gasteiger partial charge in [-0.25, -0.2) is 0 Å². The Balaban J connectivity index is 0. The quantitative estimate of drug-likeness (QED) is 0.106. The summed E-state index contributed by atoms with van der Waals surface area (Å²) in [5.74, 6) is -0.333. The van der Waals surface area contributed by atoms with Crippen LogP contribution in [0.4, 0.5) is 0 Å². The minimum atomic E-state index is -0.333. The maximum atomic E-state index is 6.06. The molecule has 0 aliphatic rings. The van der Waals surface area contributed by atoms with Crippen molar-refractivity contribution >= 4 is 5.96 Å². The average molecular weight is 413 g/mol. The molecule has 4 heteroatoms. The molecule has 0 atom stereocenters. The van der Waals surface area contributed by atoms with E-state index in [-0.39, 0.29) is 5.96 Å². The largest absolute Gasteiger partial charge is 0.370 e. The van der Waals surface area contributed by atoms with Crippen LogP contribution in [-0.4, -0.2) is 30.5 Å². The Morgan fingerprint density at radius 1 is 0.483 bits per heavy atom. The van der Waals surface area contributed by atoms with Crippen molar-refractivity contribution in [1.82, 2.24) is 4.90 Å². The molecular formula is C25H56N4. The van der Waals surface area contributed by atoms with Gasteiger partial charge in [0.05, 0.1) is 0 Å². The Morgan fingerprint density at radius 2 is 0.690 bits per heavy atom. The highest BCUT2D eigenvalue weighted by Crippen LogP contribution is 2.11. The topological polar surface area (TPSA) is 79.1 Å². The number of nitrogens with one attached hydrogen (secondary N) is 1. The molecule has 5 N–H and O–H groups in total. The second kappa shape index (κ2) is 27.2. The molecule has 176 valence electrons. The molecule has 0 aromatic rings. The first-order valence-electron chi connectivity index (χ1n) is 12.9. The molecule has 0 spiro atoms. The van der Waals surface area contributed by atoms with Crippen molar-refractivity contribution in [3.63, 3.8) is 0 Å². The number of hydrogen-bond acceptors (Lipinski definition) is 2. The van der Waals surface area contributed by atoms with Gasteiger partial charge < -0.3 is 16.4 Å². The fourth-order valence-corrected chi connectivity index (χ4v) is 3.68. The second-order valence-electron chi connectivity index (χ2n) is 8.60. The van der Waals surface area contributed by atoms with Crippen LogP contribution in [0.1, 0.15) is 136 Å². The zero-order valence-electron chi connectivity index (χ0n) is 20.5. The molecule has 0 aliphatic carbocycles. The molecular weight excluding hydrogens is 356 g/mol. The smallest absolute Gasteiger partial charge is 0.183 e. The van der Waals surface area contributed by atoms with E-state index >= 15 is 0 Å². The van der Waals surface area contributed by atoms with Crippen molar-refractivity contribution in [1.29, 1.82) is 5.41 Å². The first-order valence-corrected chi connectivity index (χ1v) is 12.9. The number of nitrogens with two attached hydrogens (primary N) is 2. The van der Waals surface area contributed by atoms with Gasteiger partial charge in [0.15, 0.2) is 5.96 Å². The predicted octanol–water partition coefficient (Wildman–Crippen LogP) is 7.21. The third-order valence-electron chi connectivity index (χ3n) is 5.48. The minimum Gasteiger partial charge on any atom is -0.370 e. The van der Waals surface area contributed by atoms with Crippen molar-refractivity contribution in [2.24, 2.45) is 11.5 Å². The number of guanidine groups is 1. The molecule has 0 aliphatic heterocycles. The molecule has 4 nitrogen and oxygen atoms in total. The standard InChI is InChI=1S/C24H51N.CH5N3/c1-4-7-10-13-16-19-22-25(23-20-17-14-11-8-5-2)24-21-18-15-12-9-6-3;2-1(3)4/h4-24H2,1-3H3;(H5,2,3,4). The van der Waals surface area contributed by atoms with Gasteiger partial charge in [-0.3, -0.25) is 5.41 Å². The molecule has 29 heavy (non-hydrogen) atoms. The van der Waals surface area contributed by atoms with Crippen LogP contribution in [0, 0.1) is 5.41 Å². The van der Waals surface area contributed by atoms with Crippen molar-refractivity contribution in [2.75, 3.05) is 19.6 Å². The zero-order valence-corrected chi connectivity index (χ0v) is 20.5. The molecule has 0 bridgehead atoms. The van der Waals surface area contributed by atoms with E-state index in [4.69, 9.17) is 5.41 Å². The van der Waals surface area contributed by atoms with Gasteiger partial charge in [-0.15, -0.1) is 0 Å². The summed E-state index contributed by atoms with van der Waals surface area (Å²) in [6, 6.07) is 0. The lowest BCUT2D eigenvalue weighted by molar-refractivity contribution is 0.254. The van der Waals surface area contributed by atoms with E-state index in [0.717, 1.165) is 0 Å². The first kappa shape index (κ1) is 30.4. The molecule has 0 aromatic heterocycles. The first-order chi connectivity index (χ1) is 14.1. The highest BCUT2D eigenvalue weighted by Gasteiger charge is 2.05. The highest BCUT2D eigenvalue weighted by atomic mass is 15.1. The molecule has 0 amide bonds. The summed E-state index contributed by atoms with van der Waals surface area (Å²) < 4.78 is 0. The van der Waals surface area contributed by atoms with E-state index in [1.54, 1.807) is 0 Å². The van der Waals surface area contributed by atoms with E-state index in [9.17, 15) is 0 Å².